The van der Waals surface area contributed by atoms with Gasteiger partial charge in [0, 0.05) is 18.0 Å². The fourth-order valence-electron chi connectivity index (χ4n) is 1.37. The van der Waals surface area contributed by atoms with E-state index in [4.69, 9.17) is 11.6 Å². The predicted molar refractivity (Wildman–Crippen MR) is 61.6 cm³/mol. The summed E-state index contributed by atoms with van der Waals surface area (Å²) in [4.78, 5) is 19.6. The van der Waals surface area contributed by atoms with E-state index in [-0.39, 0.29) is 5.56 Å². The van der Waals surface area contributed by atoms with E-state index >= 15 is 0 Å². The molecule has 0 atom stereocenters. The van der Waals surface area contributed by atoms with Gasteiger partial charge in [-0.15, -0.1) is 0 Å². The number of halogens is 1. The lowest BCUT2D eigenvalue weighted by atomic mass is 10.2. The molecule has 0 unspecified atom stereocenters. The van der Waals surface area contributed by atoms with Crippen LogP contribution in [0.3, 0.4) is 0 Å². The lowest BCUT2D eigenvalue weighted by Crippen LogP contribution is -2.20. The first-order chi connectivity index (χ1) is 7.65. The van der Waals surface area contributed by atoms with Crippen molar-refractivity contribution in [3.8, 4) is 0 Å². The van der Waals surface area contributed by atoms with Crippen molar-refractivity contribution in [1.82, 2.24) is 14.5 Å². The summed E-state index contributed by atoms with van der Waals surface area (Å²) in [5, 5.41) is 0.422. The van der Waals surface area contributed by atoms with Crippen LogP contribution in [-0.2, 0) is 6.54 Å². The van der Waals surface area contributed by atoms with Gasteiger partial charge >= 0.3 is 0 Å². The van der Waals surface area contributed by atoms with Crippen LogP contribution in [0.1, 0.15) is 11.3 Å². The molecular formula is C11H10ClN3O. The topological polar surface area (TPSA) is 47.8 Å². The molecule has 16 heavy (non-hydrogen) atoms. The monoisotopic (exact) mass is 235 g/mol. The maximum Gasteiger partial charge on any atom is 0.253 e. The van der Waals surface area contributed by atoms with Crippen molar-refractivity contribution in [3.05, 3.63) is 57.5 Å². The molecule has 82 valence electrons. The Balaban J connectivity index is 2.31. The first-order valence-electron chi connectivity index (χ1n) is 4.79. The minimum Gasteiger partial charge on any atom is -0.295 e. The van der Waals surface area contributed by atoms with E-state index in [0.29, 0.717) is 17.4 Å². The number of rotatable bonds is 2. The van der Waals surface area contributed by atoms with E-state index < -0.39 is 0 Å². The number of hydrogen-bond acceptors (Lipinski definition) is 3. The minimum absolute atomic E-state index is 0.0690. The van der Waals surface area contributed by atoms with Crippen molar-refractivity contribution < 1.29 is 0 Å². The molecule has 0 aliphatic heterocycles. The highest BCUT2D eigenvalue weighted by Gasteiger charge is 2.00. The second kappa shape index (κ2) is 4.45. The molecule has 0 bridgehead atoms. The van der Waals surface area contributed by atoms with Crippen LogP contribution in [0.15, 0.2) is 35.5 Å². The van der Waals surface area contributed by atoms with Gasteiger partial charge in [-0.2, -0.15) is 0 Å². The summed E-state index contributed by atoms with van der Waals surface area (Å²) in [6.45, 7) is 2.24. The molecule has 0 saturated carbocycles. The Morgan fingerprint density at radius 1 is 1.38 bits per heavy atom. The van der Waals surface area contributed by atoms with Crippen LogP contribution in [0.25, 0.3) is 0 Å². The predicted octanol–water partition coefficient (Wildman–Crippen LogP) is 1.65. The summed E-state index contributed by atoms with van der Waals surface area (Å²) in [6, 6.07) is 5.05. The van der Waals surface area contributed by atoms with Crippen molar-refractivity contribution in [2.75, 3.05) is 0 Å². The van der Waals surface area contributed by atoms with Gasteiger partial charge in [0.25, 0.3) is 5.56 Å². The van der Waals surface area contributed by atoms with Crippen LogP contribution in [0.4, 0.5) is 0 Å². The molecule has 2 aromatic rings. The van der Waals surface area contributed by atoms with Crippen LogP contribution in [0.5, 0.6) is 0 Å². The third-order valence-electron chi connectivity index (χ3n) is 2.16. The van der Waals surface area contributed by atoms with E-state index in [9.17, 15) is 4.79 Å². The summed E-state index contributed by atoms with van der Waals surface area (Å²) in [7, 11) is 0. The van der Waals surface area contributed by atoms with Gasteiger partial charge in [-0.3, -0.25) is 9.36 Å². The van der Waals surface area contributed by atoms with E-state index in [2.05, 4.69) is 9.97 Å². The second-order valence-corrected chi connectivity index (χ2v) is 3.87. The first-order valence-corrected chi connectivity index (χ1v) is 5.16. The zero-order chi connectivity index (χ0) is 11.5. The standard InChI is InChI=1S/C11H10ClN3O/c1-8-4-11(16)15(7-14-8)6-9-2-3-13-10(12)5-9/h2-5,7H,6H2,1H3. The number of hydrogen-bond donors (Lipinski definition) is 0. The highest BCUT2D eigenvalue weighted by atomic mass is 35.5. The molecule has 0 saturated heterocycles. The number of nitrogens with zero attached hydrogens (tertiary/aromatic N) is 3. The highest BCUT2D eigenvalue weighted by molar-refractivity contribution is 6.29. The third kappa shape index (κ3) is 2.46. The van der Waals surface area contributed by atoms with E-state index in [0.717, 1.165) is 5.56 Å². The lowest BCUT2D eigenvalue weighted by molar-refractivity contribution is 0.729. The molecule has 0 aliphatic rings. The third-order valence-corrected chi connectivity index (χ3v) is 2.37. The molecule has 5 heteroatoms. The number of pyridine rings is 1. The normalized spacial score (nSPS) is 10.4. The van der Waals surface area contributed by atoms with Crippen LogP contribution < -0.4 is 5.56 Å². The highest BCUT2D eigenvalue weighted by Crippen LogP contribution is 2.07. The average Bonchev–Trinajstić information content (AvgIpc) is 2.22. The van der Waals surface area contributed by atoms with Crippen molar-refractivity contribution in [3.63, 3.8) is 0 Å². The smallest absolute Gasteiger partial charge is 0.253 e. The molecule has 2 rings (SSSR count). The van der Waals surface area contributed by atoms with Crippen LogP contribution >= 0.6 is 11.6 Å². The van der Waals surface area contributed by atoms with Crippen molar-refractivity contribution >= 4 is 11.6 Å². The fraction of sp³-hybridized carbons (Fsp3) is 0.182. The zero-order valence-electron chi connectivity index (χ0n) is 8.72. The van der Waals surface area contributed by atoms with Crippen LogP contribution in [0, 0.1) is 6.92 Å². The average molecular weight is 236 g/mol. The van der Waals surface area contributed by atoms with Gasteiger partial charge in [0.15, 0.2) is 0 Å². The van der Waals surface area contributed by atoms with Gasteiger partial charge in [-0.25, -0.2) is 9.97 Å². The summed E-state index contributed by atoms with van der Waals surface area (Å²) in [6.07, 6.45) is 3.15. The maximum absolute atomic E-state index is 11.6. The van der Waals surface area contributed by atoms with Gasteiger partial charge in [-0.05, 0) is 24.6 Å². The molecule has 0 N–H and O–H groups in total. The number of aromatic nitrogens is 3. The Hall–Kier alpha value is -1.68. The molecule has 0 aromatic carbocycles. The SMILES string of the molecule is Cc1cc(=O)n(Cc2ccnc(Cl)c2)cn1. The Kier molecular flexibility index (Phi) is 3.01. The maximum atomic E-state index is 11.6. The molecule has 0 spiro atoms. The molecule has 0 radical (unpaired) electrons. The van der Waals surface area contributed by atoms with Crippen molar-refractivity contribution in [1.29, 1.82) is 0 Å². The van der Waals surface area contributed by atoms with Gasteiger partial charge in [0.05, 0.1) is 12.9 Å². The fourth-order valence-corrected chi connectivity index (χ4v) is 1.57. The molecule has 2 heterocycles. The minimum atomic E-state index is -0.0690. The molecular weight excluding hydrogens is 226 g/mol. The summed E-state index contributed by atoms with van der Waals surface area (Å²) >= 11 is 5.76. The number of aryl methyl sites for hydroxylation is 1. The molecule has 0 fully saturated rings. The van der Waals surface area contributed by atoms with Gasteiger partial charge in [0.1, 0.15) is 5.15 Å². The van der Waals surface area contributed by atoms with E-state index in [1.54, 1.807) is 19.2 Å². The largest absolute Gasteiger partial charge is 0.295 e. The molecule has 0 amide bonds. The Morgan fingerprint density at radius 3 is 2.88 bits per heavy atom. The quantitative estimate of drug-likeness (QED) is 0.744. The Labute approximate surface area is 97.6 Å². The van der Waals surface area contributed by atoms with Gasteiger partial charge in [0.2, 0.25) is 0 Å². The molecule has 4 nitrogen and oxygen atoms in total. The molecule has 2 aromatic heterocycles. The first kappa shape index (κ1) is 10.8. The van der Waals surface area contributed by atoms with Crippen molar-refractivity contribution in [2.24, 2.45) is 0 Å². The zero-order valence-corrected chi connectivity index (χ0v) is 9.48. The van der Waals surface area contributed by atoms with Crippen LogP contribution in [0.2, 0.25) is 5.15 Å². The van der Waals surface area contributed by atoms with E-state index in [1.165, 1.54) is 17.0 Å². The Morgan fingerprint density at radius 2 is 2.19 bits per heavy atom. The van der Waals surface area contributed by atoms with E-state index in [1.807, 2.05) is 6.07 Å². The second-order valence-electron chi connectivity index (χ2n) is 3.48. The van der Waals surface area contributed by atoms with Crippen LogP contribution in [-0.4, -0.2) is 14.5 Å². The molecule has 0 aliphatic carbocycles. The summed E-state index contributed by atoms with van der Waals surface area (Å²) in [5.41, 5.74) is 1.57. The lowest BCUT2D eigenvalue weighted by Gasteiger charge is -2.05. The van der Waals surface area contributed by atoms with Crippen molar-refractivity contribution in [2.45, 2.75) is 13.5 Å². The van der Waals surface area contributed by atoms with Gasteiger partial charge < -0.3 is 0 Å². The summed E-state index contributed by atoms with van der Waals surface area (Å²) in [5.74, 6) is 0. The van der Waals surface area contributed by atoms with Gasteiger partial charge in [-0.1, -0.05) is 11.6 Å². The Bertz CT molecular complexity index is 565. The summed E-state index contributed by atoms with van der Waals surface area (Å²) < 4.78 is 1.53.